The summed E-state index contributed by atoms with van der Waals surface area (Å²) in [7, 11) is 1.41. The molecule has 0 amide bonds. The van der Waals surface area contributed by atoms with Crippen LogP contribution in [0.5, 0.6) is 0 Å². The van der Waals surface area contributed by atoms with E-state index in [1.807, 2.05) is 24.3 Å². The van der Waals surface area contributed by atoms with Gasteiger partial charge in [-0.25, -0.2) is 4.79 Å². The zero-order chi connectivity index (χ0) is 17.4. The highest BCUT2D eigenvalue weighted by molar-refractivity contribution is 14.1. The lowest BCUT2D eigenvalue weighted by molar-refractivity contribution is 0.0601. The Morgan fingerprint density at radius 2 is 1.44 bits per heavy atom. The third-order valence-corrected chi connectivity index (χ3v) is 5.57. The van der Waals surface area contributed by atoms with E-state index >= 15 is 0 Å². The summed E-state index contributed by atoms with van der Waals surface area (Å²) in [4.78, 5) is 12.0. The average Bonchev–Trinajstić information content (AvgIpc) is 2.68. The van der Waals surface area contributed by atoms with Crippen LogP contribution in [0.2, 0.25) is 0 Å². The van der Waals surface area contributed by atoms with Gasteiger partial charge in [0.2, 0.25) is 0 Å². The lowest BCUT2D eigenvalue weighted by Crippen LogP contribution is -2.01. The van der Waals surface area contributed by atoms with E-state index in [1.54, 1.807) is 0 Å². The number of carbonyl (C=O) groups excluding carboxylic acids is 1. The SMILES string of the molecule is COC(=O)c1ccc2c(c1)c(I)c(-c1ccccc1)c1ccccc12. The summed E-state index contributed by atoms with van der Waals surface area (Å²) in [6.07, 6.45) is 0. The van der Waals surface area contributed by atoms with Crippen LogP contribution in [-0.4, -0.2) is 13.1 Å². The van der Waals surface area contributed by atoms with Gasteiger partial charge in [-0.15, -0.1) is 0 Å². The summed E-state index contributed by atoms with van der Waals surface area (Å²) in [5.74, 6) is -0.313. The molecule has 0 aliphatic heterocycles. The Balaban J connectivity index is 2.15. The van der Waals surface area contributed by atoms with Gasteiger partial charge in [-0.1, -0.05) is 60.7 Å². The number of fused-ring (bicyclic) bond motifs is 3. The van der Waals surface area contributed by atoms with Gasteiger partial charge in [-0.3, -0.25) is 0 Å². The van der Waals surface area contributed by atoms with E-state index in [0.29, 0.717) is 5.56 Å². The fourth-order valence-corrected chi connectivity index (χ4v) is 4.33. The van der Waals surface area contributed by atoms with Gasteiger partial charge in [0.05, 0.1) is 12.7 Å². The molecule has 25 heavy (non-hydrogen) atoms. The van der Waals surface area contributed by atoms with Gasteiger partial charge in [0.25, 0.3) is 0 Å². The molecule has 0 heterocycles. The largest absolute Gasteiger partial charge is 0.465 e. The predicted molar refractivity (Wildman–Crippen MR) is 111 cm³/mol. The summed E-state index contributed by atoms with van der Waals surface area (Å²) >= 11 is 2.39. The second-order valence-electron chi connectivity index (χ2n) is 5.85. The number of benzene rings is 4. The molecule has 0 saturated heterocycles. The number of hydrogen-bond acceptors (Lipinski definition) is 2. The third kappa shape index (κ3) is 2.68. The molecule has 3 heteroatoms. The summed E-state index contributed by atoms with van der Waals surface area (Å²) < 4.78 is 6.03. The molecule has 0 fully saturated rings. The van der Waals surface area contributed by atoms with E-state index in [-0.39, 0.29) is 5.97 Å². The molecule has 0 atom stereocenters. The highest BCUT2D eigenvalue weighted by Gasteiger charge is 2.15. The quantitative estimate of drug-likeness (QED) is 0.216. The van der Waals surface area contributed by atoms with E-state index < -0.39 is 0 Å². The third-order valence-electron chi connectivity index (χ3n) is 4.45. The molecule has 0 bridgehead atoms. The predicted octanol–water partition coefficient (Wildman–Crippen LogP) is 6.05. The van der Waals surface area contributed by atoms with Crippen LogP contribution >= 0.6 is 22.6 Å². The zero-order valence-corrected chi connectivity index (χ0v) is 15.8. The van der Waals surface area contributed by atoms with E-state index in [2.05, 4.69) is 71.1 Å². The van der Waals surface area contributed by atoms with Crippen molar-refractivity contribution in [3.05, 3.63) is 81.9 Å². The second-order valence-corrected chi connectivity index (χ2v) is 6.93. The van der Waals surface area contributed by atoms with E-state index in [0.717, 1.165) is 14.3 Å². The number of ether oxygens (including phenoxy) is 1. The molecule has 0 saturated carbocycles. The van der Waals surface area contributed by atoms with Gasteiger partial charge in [-0.2, -0.15) is 0 Å². The van der Waals surface area contributed by atoms with Crippen LogP contribution in [0.4, 0.5) is 0 Å². The molecule has 0 aliphatic carbocycles. The average molecular weight is 438 g/mol. The fourth-order valence-electron chi connectivity index (χ4n) is 3.28. The van der Waals surface area contributed by atoms with Gasteiger partial charge in [0.1, 0.15) is 0 Å². The first-order valence-corrected chi connectivity index (χ1v) is 9.06. The zero-order valence-electron chi connectivity index (χ0n) is 13.6. The summed E-state index contributed by atoms with van der Waals surface area (Å²) in [6.45, 7) is 0. The molecule has 0 aliphatic rings. The molecular weight excluding hydrogens is 423 g/mol. The van der Waals surface area contributed by atoms with Crippen molar-refractivity contribution >= 4 is 50.1 Å². The lowest BCUT2D eigenvalue weighted by Gasteiger charge is -2.15. The summed E-state index contributed by atoms with van der Waals surface area (Å²) in [5.41, 5.74) is 2.95. The Morgan fingerprint density at radius 3 is 2.16 bits per heavy atom. The molecule has 122 valence electrons. The minimum Gasteiger partial charge on any atom is -0.465 e. The number of hydrogen-bond donors (Lipinski definition) is 0. The van der Waals surface area contributed by atoms with Gasteiger partial charge < -0.3 is 4.74 Å². The monoisotopic (exact) mass is 438 g/mol. The van der Waals surface area contributed by atoms with Crippen molar-refractivity contribution in [1.82, 2.24) is 0 Å². The minimum atomic E-state index is -0.313. The van der Waals surface area contributed by atoms with Crippen molar-refractivity contribution in [1.29, 1.82) is 0 Å². The molecule has 0 N–H and O–H groups in total. The number of esters is 1. The molecule has 0 spiro atoms. The Kier molecular flexibility index (Phi) is 4.17. The maximum atomic E-state index is 12.0. The highest BCUT2D eigenvalue weighted by Crippen LogP contribution is 2.39. The number of carbonyl (C=O) groups is 1. The van der Waals surface area contributed by atoms with Crippen LogP contribution in [-0.2, 0) is 4.74 Å². The first-order valence-electron chi connectivity index (χ1n) is 7.98. The minimum absolute atomic E-state index is 0.313. The Bertz CT molecular complexity index is 1100. The maximum Gasteiger partial charge on any atom is 0.337 e. The Morgan fingerprint density at radius 1 is 0.800 bits per heavy atom. The Hall–Kier alpha value is -2.40. The number of rotatable bonds is 2. The van der Waals surface area contributed by atoms with Gasteiger partial charge in [-0.05, 0) is 61.8 Å². The van der Waals surface area contributed by atoms with Gasteiger partial charge in [0.15, 0.2) is 0 Å². The van der Waals surface area contributed by atoms with E-state index in [9.17, 15) is 4.79 Å². The molecule has 0 aromatic heterocycles. The van der Waals surface area contributed by atoms with Crippen LogP contribution in [0, 0.1) is 3.57 Å². The lowest BCUT2D eigenvalue weighted by atomic mass is 9.92. The van der Waals surface area contributed by atoms with Crippen molar-refractivity contribution in [2.45, 2.75) is 0 Å². The molecular formula is C22H15IO2. The number of methoxy groups -OCH3 is 1. The van der Waals surface area contributed by atoms with Crippen molar-refractivity contribution < 1.29 is 9.53 Å². The molecule has 0 radical (unpaired) electrons. The maximum absolute atomic E-state index is 12.0. The first kappa shape index (κ1) is 16.1. The van der Waals surface area contributed by atoms with E-state index in [1.165, 1.54) is 29.0 Å². The standard InChI is InChI=1S/C22H15IO2/c1-25-22(24)15-11-12-17-16-9-5-6-10-18(16)20(21(23)19(17)13-15)14-7-3-2-4-8-14/h2-13H,1H3. The van der Waals surface area contributed by atoms with Crippen molar-refractivity contribution in [2.24, 2.45) is 0 Å². The van der Waals surface area contributed by atoms with Gasteiger partial charge >= 0.3 is 5.97 Å². The summed E-state index contributed by atoms with van der Waals surface area (Å²) in [5, 5.41) is 4.62. The van der Waals surface area contributed by atoms with Crippen molar-refractivity contribution in [2.75, 3.05) is 7.11 Å². The fraction of sp³-hybridized carbons (Fsp3) is 0.0455. The van der Waals surface area contributed by atoms with Crippen molar-refractivity contribution in [3.63, 3.8) is 0 Å². The summed E-state index contributed by atoms with van der Waals surface area (Å²) in [6, 6.07) is 24.6. The topological polar surface area (TPSA) is 26.3 Å². The second kappa shape index (κ2) is 6.48. The van der Waals surface area contributed by atoms with Crippen molar-refractivity contribution in [3.8, 4) is 11.1 Å². The molecule has 4 rings (SSSR count). The number of halogens is 1. The van der Waals surface area contributed by atoms with Crippen LogP contribution in [0.3, 0.4) is 0 Å². The highest BCUT2D eigenvalue weighted by atomic mass is 127. The Labute approximate surface area is 159 Å². The molecule has 0 unspecified atom stereocenters. The molecule has 2 nitrogen and oxygen atoms in total. The first-order chi connectivity index (χ1) is 12.2. The van der Waals surface area contributed by atoms with Crippen LogP contribution in [0.15, 0.2) is 72.8 Å². The van der Waals surface area contributed by atoms with Crippen LogP contribution < -0.4 is 0 Å². The smallest absolute Gasteiger partial charge is 0.337 e. The molecule has 4 aromatic rings. The van der Waals surface area contributed by atoms with Crippen LogP contribution in [0.1, 0.15) is 10.4 Å². The van der Waals surface area contributed by atoms with Crippen LogP contribution in [0.25, 0.3) is 32.7 Å². The normalized spacial score (nSPS) is 11.0. The van der Waals surface area contributed by atoms with Gasteiger partial charge in [0, 0.05) is 9.13 Å². The van der Waals surface area contributed by atoms with E-state index in [4.69, 9.17) is 4.74 Å². The molecule has 4 aromatic carbocycles.